The van der Waals surface area contributed by atoms with Crippen molar-refractivity contribution in [3.8, 4) is 0 Å². The summed E-state index contributed by atoms with van der Waals surface area (Å²) in [7, 11) is 1.76. The molecule has 0 aliphatic carbocycles. The summed E-state index contributed by atoms with van der Waals surface area (Å²) in [6.07, 6.45) is 2.27. The van der Waals surface area contributed by atoms with E-state index >= 15 is 0 Å². The van der Waals surface area contributed by atoms with Crippen molar-refractivity contribution in [3.63, 3.8) is 0 Å². The first-order chi connectivity index (χ1) is 11.5. The van der Waals surface area contributed by atoms with Gasteiger partial charge >= 0.3 is 0 Å². The molecule has 2 aliphatic rings. The van der Waals surface area contributed by atoms with Crippen LogP contribution in [0.25, 0.3) is 0 Å². The van der Waals surface area contributed by atoms with Crippen molar-refractivity contribution >= 4 is 17.5 Å². The summed E-state index contributed by atoms with van der Waals surface area (Å²) in [6, 6.07) is 8.12. The molecule has 0 aromatic heterocycles. The lowest BCUT2D eigenvalue weighted by Gasteiger charge is -2.42. The zero-order valence-corrected chi connectivity index (χ0v) is 15.4. The van der Waals surface area contributed by atoms with Crippen molar-refractivity contribution in [3.05, 3.63) is 34.9 Å². The van der Waals surface area contributed by atoms with Gasteiger partial charge in [-0.3, -0.25) is 9.69 Å². The van der Waals surface area contributed by atoms with Crippen molar-refractivity contribution in [1.82, 2.24) is 9.80 Å². The molecule has 0 radical (unpaired) electrons. The van der Waals surface area contributed by atoms with Gasteiger partial charge < -0.3 is 9.64 Å². The molecule has 2 fully saturated rings. The minimum absolute atomic E-state index is 0.191. The Morgan fingerprint density at radius 3 is 2.54 bits per heavy atom. The quantitative estimate of drug-likeness (QED) is 0.836. The molecule has 1 amide bonds. The molecule has 0 bridgehead atoms. The largest absolute Gasteiger partial charge is 0.384 e. The van der Waals surface area contributed by atoms with Gasteiger partial charge in [-0.05, 0) is 49.0 Å². The summed E-state index contributed by atoms with van der Waals surface area (Å²) in [4.78, 5) is 16.3. The van der Waals surface area contributed by atoms with E-state index in [1.165, 1.54) is 5.56 Å². The Kier molecular flexibility index (Phi) is 5.48. The molecule has 1 unspecified atom stereocenters. The van der Waals surface area contributed by atoms with E-state index in [0.29, 0.717) is 5.92 Å². The first-order valence-corrected chi connectivity index (χ1v) is 9.11. The van der Waals surface area contributed by atoms with Gasteiger partial charge in [0.15, 0.2) is 0 Å². The molecular formula is C19H27ClN2O2. The van der Waals surface area contributed by atoms with E-state index in [2.05, 4.69) is 17.0 Å². The Hall–Kier alpha value is -1.10. The SMILES string of the molecule is COCC1CN(C(C)=O)CC12CCN(Cc1ccc(Cl)cc1)CC2. The van der Waals surface area contributed by atoms with Crippen molar-refractivity contribution in [2.45, 2.75) is 26.3 Å². The Labute approximate surface area is 149 Å². The molecule has 2 heterocycles. The molecule has 3 rings (SSSR count). The fourth-order valence-electron chi connectivity index (χ4n) is 4.27. The van der Waals surface area contributed by atoms with Crippen LogP contribution in [0.4, 0.5) is 0 Å². The number of halogens is 1. The van der Waals surface area contributed by atoms with Crippen LogP contribution in [-0.2, 0) is 16.1 Å². The molecule has 0 saturated carbocycles. The number of methoxy groups -OCH3 is 1. The lowest BCUT2D eigenvalue weighted by atomic mass is 9.71. The number of carbonyl (C=O) groups excluding carboxylic acids is 1. The maximum Gasteiger partial charge on any atom is 0.219 e. The van der Waals surface area contributed by atoms with Crippen LogP contribution in [0.5, 0.6) is 0 Å². The van der Waals surface area contributed by atoms with Crippen molar-refractivity contribution in [2.24, 2.45) is 11.3 Å². The summed E-state index contributed by atoms with van der Waals surface area (Å²) in [5.41, 5.74) is 1.54. The molecule has 5 heteroatoms. The molecule has 1 aromatic rings. The van der Waals surface area contributed by atoms with Gasteiger partial charge in [0.25, 0.3) is 0 Å². The Bertz CT molecular complexity index is 567. The number of amides is 1. The fraction of sp³-hybridized carbons (Fsp3) is 0.632. The summed E-state index contributed by atoms with van der Waals surface area (Å²) >= 11 is 5.96. The Morgan fingerprint density at radius 2 is 1.96 bits per heavy atom. The number of hydrogen-bond donors (Lipinski definition) is 0. The fourth-order valence-corrected chi connectivity index (χ4v) is 4.40. The highest BCUT2D eigenvalue weighted by atomic mass is 35.5. The maximum absolute atomic E-state index is 11.8. The smallest absolute Gasteiger partial charge is 0.219 e. The maximum atomic E-state index is 11.8. The van der Waals surface area contributed by atoms with Crippen LogP contribution in [0, 0.1) is 11.3 Å². The highest BCUT2D eigenvalue weighted by Crippen LogP contribution is 2.45. The molecule has 1 aromatic carbocycles. The predicted octanol–water partition coefficient (Wildman–Crippen LogP) is 3.05. The highest BCUT2D eigenvalue weighted by Gasteiger charge is 2.48. The van der Waals surface area contributed by atoms with Crippen molar-refractivity contribution in [2.75, 3.05) is 39.9 Å². The second kappa shape index (κ2) is 7.42. The third-order valence-corrected chi connectivity index (χ3v) is 6.05. The number of nitrogens with zero attached hydrogens (tertiary/aromatic N) is 2. The molecule has 4 nitrogen and oxygen atoms in total. The first-order valence-electron chi connectivity index (χ1n) is 8.74. The molecule has 2 saturated heterocycles. The molecule has 0 N–H and O–H groups in total. The van der Waals surface area contributed by atoms with Crippen molar-refractivity contribution in [1.29, 1.82) is 0 Å². The van der Waals surface area contributed by atoms with E-state index in [0.717, 1.165) is 57.2 Å². The zero-order valence-electron chi connectivity index (χ0n) is 14.6. The van der Waals surface area contributed by atoms with Gasteiger partial charge in [0.1, 0.15) is 0 Å². The monoisotopic (exact) mass is 350 g/mol. The minimum atomic E-state index is 0.191. The topological polar surface area (TPSA) is 32.8 Å². The van der Waals surface area contributed by atoms with E-state index in [4.69, 9.17) is 16.3 Å². The van der Waals surface area contributed by atoms with Crippen LogP contribution < -0.4 is 0 Å². The second-order valence-corrected chi connectivity index (χ2v) is 7.75. The van der Waals surface area contributed by atoms with E-state index in [1.54, 1.807) is 14.0 Å². The van der Waals surface area contributed by atoms with Crippen LogP contribution in [0.1, 0.15) is 25.3 Å². The average Bonchev–Trinajstić information content (AvgIpc) is 2.91. The van der Waals surface area contributed by atoms with Crippen LogP contribution >= 0.6 is 11.6 Å². The average molecular weight is 351 g/mol. The number of carbonyl (C=O) groups is 1. The zero-order chi connectivity index (χ0) is 17.2. The molecular weight excluding hydrogens is 324 g/mol. The molecule has 132 valence electrons. The molecule has 1 atom stereocenters. The van der Waals surface area contributed by atoms with Crippen LogP contribution in [0.15, 0.2) is 24.3 Å². The first kappa shape index (κ1) is 17.7. The number of rotatable bonds is 4. The standard InChI is InChI=1S/C19H27ClN2O2/c1-15(23)22-12-17(13-24-2)19(14-22)7-9-21(10-8-19)11-16-3-5-18(20)6-4-16/h3-6,17H,7-14H2,1-2H3. The third kappa shape index (κ3) is 3.76. The van der Waals surface area contributed by atoms with Gasteiger partial charge in [0.2, 0.25) is 5.91 Å². The van der Waals surface area contributed by atoms with E-state index in [-0.39, 0.29) is 11.3 Å². The van der Waals surface area contributed by atoms with Crippen LogP contribution in [0.3, 0.4) is 0 Å². The molecule has 2 aliphatic heterocycles. The number of piperidine rings is 1. The van der Waals surface area contributed by atoms with Gasteiger partial charge in [-0.25, -0.2) is 0 Å². The Balaban J connectivity index is 1.61. The van der Waals surface area contributed by atoms with Gasteiger partial charge in [0, 0.05) is 44.6 Å². The summed E-state index contributed by atoms with van der Waals surface area (Å²) in [6.45, 7) is 7.30. The Morgan fingerprint density at radius 1 is 1.29 bits per heavy atom. The van der Waals surface area contributed by atoms with Gasteiger partial charge in [-0.2, -0.15) is 0 Å². The summed E-state index contributed by atoms with van der Waals surface area (Å²) in [5.74, 6) is 0.653. The van der Waals surface area contributed by atoms with Crippen LogP contribution in [-0.4, -0.2) is 55.6 Å². The highest BCUT2D eigenvalue weighted by molar-refractivity contribution is 6.30. The lowest BCUT2D eigenvalue weighted by molar-refractivity contribution is -0.128. The normalized spacial score (nSPS) is 23.8. The summed E-state index contributed by atoms with van der Waals surface area (Å²) in [5, 5.41) is 0.786. The predicted molar refractivity (Wildman–Crippen MR) is 96.0 cm³/mol. The molecule has 24 heavy (non-hydrogen) atoms. The van der Waals surface area contributed by atoms with Gasteiger partial charge in [-0.15, -0.1) is 0 Å². The van der Waals surface area contributed by atoms with Gasteiger partial charge in [-0.1, -0.05) is 23.7 Å². The number of benzene rings is 1. The minimum Gasteiger partial charge on any atom is -0.384 e. The summed E-state index contributed by atoms with van der Waals surface area (Å²) < 4.78 is 5.45. The lowest BCUT2D eigenvalue weighted by Crippen LogP contribution is -2.45. The van der Waals surface area contributed by atoms with Crippen molar-refractivity contribution < 1.29 is 9.53 Å². The van der Waals surface area contributed by atoms with E-state index in [9.17, 15) is 4.79 Å². The van der Waals surface area contributed by atoms with E-state index in [1.807, 2.05) is 17.0 Å². The third-order valence-electron chi connectivity index (χ3n) is 5.80. The second-order valence-electron chi connectivity index (χ2n) is 7.32. The van der Waals surface area contributed by atoms with E-state index < -0.39 is 0 Å². The number of ether oxygens (including phenoxy) is 1. The number of likely N-dealkylation sites (tertiary alicyclic amines) is 2. The molecule has 1 spiro atoms. The van der Waals surface area contributed by atoms with Crippen LogP contribution in [0.2, 0.25) is 5.02 Å². The van der Waals surface area contributed by atoms with Gasteiger partial charge in [0.05, 0.1) is 6.61 Å². The number of hydrogen-bond acceptors (Lipinski definition) is 3.